The van der Waals surface area contributed by atoms with Gasteiger partial charge in [-0.3, -0.25) is 9.59 Å². The summed E-state index contributed by atoms with van der Waals surface area (Å²) < 4.78 is 9.97. The van der Waals surface area contributed by atoms with Gasteiger partial charge >= 0.3 is 5.97 Å². The quantitative estimate of drug-likeness (QED) is 0.769. The first kappa shape index (κ1) is 16.0. The van der Waals surface area contributed by atoms with Crippen LogP contribution in [0.1, 0.15) is 29.6 Å². The molecule has 0 bridgehead atoms. The number of benzene rings is 1. The molecular formula is C16H19NO5. The van der Waals surface area contributed by atoms with E-state index >= 15 is 0 Å². The maximum Gasteiger partial charge on any atom is 0.338 e. The van der Waals surface area contributed by atoms with Gasteiger partial charge in [0.05, 0.1) is 12.7 Å². The molecular weight excluding hydrogens is 286 g/mol. The van der Waals surface area contributed by atoms with E-state index in [1.165, 1.54) is 7.11 Å². The lowest BCUT2D eigenvalue weighted by Gasteiger charge is -2.07. The minimum atomic E-state index is -0.547. The lowest BCUT2D eigenvalue weighted by Crippen LogP contribution is -2.20. The van der Waals surface area contributed by atoms with Gasteiger partial charge in [0.1, 0.15) is 12.4 Å². The van der Waals surface area contributed by atoms with E-state index in [2.05, 4.69) is 5.32 Å². The normalized spacial score (nSPS) is 17.0. The van der Waals surface area contributed by atoms with E-state index in [0.717, 1.165) is 6.42 Å². The smallest absolute Gasteiger partial charge is 0.338 e. The summed E-state index contributed by atoms with van der Waals surface area (Å²) in [5.74, 6) is -0.178. The van der Waals surface area contributed by atoms with Crippen molar-refractivity contribution in [3.05, 3.63) is 29.8 Å². The van der Waals surface area contributed by atoms with Crippen LogP contribution in [0.2, 0.25) is 0 Å². The molecule has 6 nitrogen and oxygen atoms in total. The molecule has 1 fully saturated rings. The number of carbonyl (C=O) groups excluding carboxylic acids is 3. The van der Waals surface area contributed by atoms with E-state index in [1.807, 2.05) is 0 Å². The van der Waals surface area contributed by atoms with Gasteiger partial charge in [-0.15, -0.1) is 0 Å². The van der Waals surface area contributed by atoms with E-state index in [1.54, 1.807) is 24.3 Å². The number of carbonyl (C=O) groups is 3. The lowest BCUT2D eigenvalue weighted by molar-refractivity contribution is -0.124. The lowest BCUT2D eigenvalue weighted by atomic mass is 10.0. The zero-order valence-corrected chi connectivity index (χ0v) is 12.5. The number of amides is 1. The number of esters is 1. The molecule has 0 radical (unpaired) electrons. The van der Waals surface area contributed by atoms with Gasteiger partial charge in [-0.1, -0.05) is 0 Å². The van der Waals surface area contributed by atoms with Crippen molar-refractivity contribution in [1.29, 1.82) is 0 Å². The average molecular weight is 305 g/mol. The van der Waals surface area contributed by atoms with Crippen LogP contribution < -0.4 is 10.1 Å². The largest absolute Gasteiger partial charge is 0.497 e. The van der Waals surface area contributed by atoms with Crippen LogP contribution in [0.3, 0.4) is 0 Å². The third-order valence-electron chi connectivity index (χ3n) is 3.62. The second kappa shape index (κ2) is 7.59. The Kier molecular flexibility index (Phi) is 5.52. The summed E-state index contributed by atoms with van der Waals surface area (Å²) >= 11 is 0. The number of methoxy groups -OCH3 is 1. The van der Waals surface area contributed by atoms with Crippen LogP contribution in [-0.4, -0.2) is 37.9 Å². The van der Waals surface area contributed by atoms with E-state index in [9.17, 15) is 14.4 Å². The number of Topliss-reactive ketones (excluding diaryl/α,β-unsaturated/α-hetero) is 1. The highest BCUT2D eigenvalue weighted by atomic mass is 16.5. The summed E-state index contributed by atoms with van der Waals surface area (Å²) in [7, 11) is 1.54. The molecule has 1 aromatic rings. The van der Waals surface area contributed by atoms with Gasteiger partial charge in [-0.2, -0.15) is 0 Å². The van der Waals surface area contributed by atoms with Crippen LogP contribution >= 0.6 is 0 Å². The fraction of sp³-hybridized carbons (Fsp3) is 0.438. The van der Waals surface area contributed by atoms with Crippen LogP contribution in [0.15, 0.2) is 24.3 Å². The van der Waals surface area contributed by atoms with Crippen molar-refractivity contribution in [1.82, 2.24) is 5.32 Å². The summed E-state index contributed by atoms with van der Waals surface area (Å²) in [5, 5.41) is 2.73. The zero-order valence-electron chi connectivity index (χ0n) is 12.5. The Morgan fingerprint density at radius 1 is 1.27 bits per heavy atom. The maximum absolute atomic E-state index is 11.8. The summed E-state index contributed by atoms with van der Waals surface area (Å²) in [4.78, 5) is 34.9. The molecule has 1 aliphatic rings. The van der Waals surface area contributed by atoms with Crippen molar-refractivity contribution in [2.75, 3.05) is 20.3 Å². The molecule has 1 heterocycles. The molecule has 2 rings (SSSR count). The van der Waals surface area contributed by atoms with Crippen molar-refractivity contribution in [3.63, 3.8) is 0 Å². The number of rotatable bonds is 7. The van der Waals surface area contributed by atoms with Crippen molar-refractivity contribution in [2.45, 2.75) is 19.3 Å². The predicted octanol–water partition coefficient (Wildman–Crippen LogP) is 1.34. The molecule has 1 aliphatic heterocycles. The third-order valence-corrected chi connectivity index (χ3v) is 3.62. The molecule has 1 amide bonds. The fourth-order valence-corrected chi connectivity index (χ4v) is 2.28. The Hall–Kier alpha value is -2.37. The van der Waals surface area contributed by atoms with Crippen molar-refractivity contribution >= 4 is 17.7 Å². The van der Waals surface area contributed by atoms with Crippen LogP contribution in [0.25, 0.3) is 0 Å². The van der Waals surface area contributed by atoms with E-state index in [-0.39, 0.29) is 30.6 Å². The van der Waals surface area contributed by atoms with Crippen LogP contribution in [0.4, 0.5) is 0 Å². The molecule has 1 N–H and O–H groups in total. The molecule has 6 heteroatoms. The molecule has 0 aliphatic carbocycles. The number of hydrogen-bond donors (Lipinski definition) is 1. The highest BCUT2D eigenvalue weighted by Gasteiger charge is 2.24. The third kappa shape index (κ3) is 4.31. The van der Waals surface area contributed by atoms with E-state index < -0.39 is 5.97 Å². The van der Waals surface area contributed by atoms with Crippen LogP contribution in [-0.2, 0) is 14.3 Å². The first-order chi connectivity index (χ1) is 10.6. The molecule has 1 aromatic carbocycles. The SMILES string of the molecule is COc1ccc(C(=O)OCC(=O)CC[C@H]2CCNC2=O)cc1. The van der Waals surface area contributed by atoms with Gasteiger partial charge in [-0.25, -0.2) is 4.79 Å². The second-order valence-corrected chi connectivity index (χ2v) is 5.16. The summed E-state index contributed by atoms with van der Waals surface area (Å²) in [6.45, 7) is 0.406. The first-order valence-electron chi connectivity index (χ1n) is 7.20. The molecule has 1 atom stereocenters. The topological polar surface area (TPSA) is 81.7 Å². The summed E-state index contributed by atoms with van der Waals surface area (Å²) in [6.07, 6.45) is 1.51. The zero-order chi connectivity index (χ0) is 15.9. The van der Waals surface area contributed by atoms with E-state index in [4.69, 9.17) is 9.47 Å². The van der Waals surface area contributed by atoms with Gasteiger partial charge in [0, 0.05) is 18.9 Å². The number of hydrogen-bond acceptors (Lipinski definition) is 5. The minimum Gasteiger partial charge on any atom is -0.497 e. The first-order valence-corrected chi connectivity index (χ1v) is 7.20. The second-order valence-electron chi connectivity index (χ2n) is 5.16. The Morgan fingerprint density at radius 2 is 2.00 bits per heavy atom. The van der Waals surface area contributed by atoms with E-state index in [0.29, 0.717) is 24.3 Å². The van der Waals surface area contributed by atoms with Gasteiger partial charge in [0.2, 0.25) is 5.91 Å². The summed E-state index contributed by atoms with van der Waals surface area (Å²) in [6, 6.07) is 6.46. The number of nitrogens with one attached hydrogen (secondary N) is 1. The number of ether oxygens (including phenoxy) is 2. The average Bonchev–Trinajstić information content (AvgIpc) is 2.95. The summed E-state index contributed by atoms with van der Waals surface area (Å²) in [5.41, 5.74) is 0.365. The molecule has 0 saturated carbocycles. The Morgan fingerprint density at radius 3 is 2.59 bits per heavy atom. The van der Waals surface area contributed by atoms with Crippen molar-refractivity contribution in [2.24, 2.45) is 5.92 Å². The van der Waals surface area contributed by atoms with Crippen molar-refractivity contribution < 1.29 is 23.9 Å². The highest BCUT2D eigenvalue weighted by molar-refractivity contribution is 5.91. The Bertz CT molecular complexity index is 552. The van der Waals surface area contributed by atoms with Gasteiger partial charge in [0.25, 0.3) is 0 Å². The molecule has 0 unspecified atom stereocenters. The molecule has 1 saturated heterocycles. The predicted molar refractivity (Wildman–Crippen MR) is 78.6 cm³/mol. The molecule has 0 aromatic heterocycles. The Balaban J connectivity index is 1.72. The van der Waals surface area contributed by atoms with Crippen molar-refractivity contribution in [3.8, 4) is 5.75 Å². The number of ketones is 1. The minimum absolute atomic E-state index is 0.00280. The fourth-order valence-electron chi connectivity index (χ4n) is 2.28. The molecule has 0 spiro atoms. The van der Waals surface area contributed by atoms with Crippen LogP contribution in [0, 0.1) is 5.92 Å². The molecule has 22 heavy (non-hydrogen) atoms. The Labute approximate surface area is 128 Å². The van der Waals surface area contributed by atoms with Gasteiger partial charge in [-0.05, 0) is 37.1 Å². The monoisotopic (exact) mass is 305 g/mol. The highest BCUT2D eigenvalue weighted by Crippen LogP contribution is 2.16. The van der Waals surface area contributed by atoms with Gasteiger partial charge in [0.15, 0.2) is 5.78 Å². The standard InChI is InChI=1S/C16H19NO5/c1-21-14-6-3-12(4-7-14)16(20)22-10-13(18)5-2-11-8-9-17-15(11)19/h3-4,6-7,11H,2,5,8-10H2,1H3,(H,17,19)/t11-/m0/s1. The van der Waals surface area contributed by atoms with Gasteiger partial charge < -0.3 is 14.8 Å². The van der Waals surface area contributed by atoms with Crippen LogP contribution in [0.5, 0.6) is 5.75 Å². The molecule has 118 valence electrons. The maximum atomic E-state index is 11.8.